The summed E-state index contributed by atoms with van der Waals surface area (Å²) in [5.74, 6) is 0.0975. The molecule has 0 fully saturated rings. The van der Waals surface area contributed by atoms with Crippen molar-refractivity contribution in [1.82, 2.24) is 0 Å². The number of rotatable bonds is 5. The number of nitrogens with one attached hydrogen (secondary N) is 2. The number of methoxy groups -OCH3 is 1. The maximum Gasteiger partial charge on any atom is 0.265 e. The van der Waals surface area contributed by atoms with E-state index in [-0.39, 0.29) is 5.91 Å². The van der Waals surface area contributed by atoms with Gasteiger partial charge in [-0.05, 0) is 23.6 Å². The van der Waals surface area contributed by atoms with Gasteiger partial charge in [-0.25, -0.2) is 8.42 Å². The van der Waals surface area contributed by atoms with Gasteiger partial charge in [-0.3, -0.25) is 9.52 Å². The minimum absolute atomic E-state index is 0.226. The number of hydrogen-bond donors (Lipinski definition) is 2. The van der Waals surface area contributed by atoms with Crippen molar-refractivity contribution in [2.75, 3.05) is 23.4 Å². The fraction of sp³-hybridized carbons (Fsp3) is 0.154. The van der Waals surface area contributed by atoms with Crippen molar-refractivity contribution in [3.63, 3.8) is 0 Å². The number of anilines is 2. The average Bonchev–Trinajstić information content (AvgIpc) is 2.93. The van der Waals surface area contributed by atoms with Crippen LogP contribution in [-0.4, -0.2) is 27.7 Å². The second kappa shape index (κ2) is 6.15. The average molecular weight is 326 g/mol. The third-order valence-electron chi connectivity index (χ3n) is 2.50. The Labute approximate surface area is 126 Å². The molecule has 0 radical (unpaired) electrons. The summed E-state index contributed by atoms with van der Waals surface area (Å²) in [6, 6.07) is 8.20. The van der Waals surface area contributed by atoms with Crippen LogP contribution in [-0.2, 0) is 10.0 Å². The number of carbonyl (C=O) groups excluding carboxylic acids is 1. The van der Waals surface area contributed by atoms with Gasteiger partial charge in [-0.2, -0.15) is 0 Å². The van der Waals surface area contributed by atoms with Crippen molar-refractivity contribution < 1.29 is 17.9 Å². The van der Waals surface area contributed by atoms with E-state index in [9.17, 15) is 13.2 Å². The highest BCUT2D eigenvalue weighted by atomic mass is 32.2. The van der Waals surface area contributed by atoms with Gasteiger partial charge in [0.2, 0.25) is 10.0 Å². The molecular formula is C13H14N2O4S2. The van der Waals surface area contributed by atoms with Crippen molar-refractivity contribution in [2.45, 2.75) is 0 Å². The molecule has 0 spiro atoms. The van der Waals surface area contributed by atoms with Crippen LogP contribution in [0.15, 0.2) is 35.7 Å². The van der Waals surface area contributed by atoms with Crippen molar-refractivity contribution in [3.8, 4) is 5.75 Å². The van der Waals surface area contributed by atoms with E-state index in [1.54, 1.807) is 24.3 Å². The minimum atomic E-state index is -3.40. The lowest BCUT2D eigenvalue weighted by Crippen LogP contribution is -2.12. The van der Waals surface area contributed by atoms with E-state index in [0.29, 0.717) is 22.0 Å². The van der Waals surface area contributed by atoms with Crippen molar-refractivity contribution in [2.24, 2.45) is 0 Å². The maximum absolute atomic E-state index is 11.9. The predicted octanol–water partition coefficient (Wildman–Crippen LogP) is 2.38. The van der Waals surface area contributed by atoms with E-state index < -0.39 is 10.0 Å². The largest absolute Gasteiger partial charge is 0.494 e. The zero-order valence-corrected chi connectivity index (χ0v) is 13.0. The van der Waals surface area contributed by atoms with Crippen molar-refractivity contribution in [1.29, 1.82) is 0 Å². The van der Waals surface area contributed by atoms with Gasteiger partial charge in [0.1, 0.15) is 5.75 Å². The van der Waals surface area contributed by atoms with E-state index in [0.717, 1.165) is 6.26 Å². The number of carbonyl (C=O) groups is 1. The summed E-state index contributed by atoms with van der Waals surface area (Å²) in [7, 11) is -1.97. The van der Waals surface area contributed by atoms with Gasteiger partial charge >= 0.3 is 0 Å². The standard InChI is InChI=1S/C13H14N2O4S2/c1-19-11-8-9(5-6-10(11)15-21(2,17)18)14-13(16)12-4-3-7-20-12/h3-8,15H,1-2H3,(H,14,16). The summed E-state index contributed by atoms with van der Waals surface area (Å²) in [6.07, 6.45) is 1.05. The van der Waals surface area contributed by atoms with Crippen LogP contribution < -0.4 is 14.8 Å². The minimum Gasteiger partial charge on any atom is -0.494 e. The molecule has 0 aliphatic heterocycles. The molecule has 0 saturated carbocycles. The second-order valence-corrected chi connectivity index (χ2v) is 6.92. The zero-order valence-electron chi connectivity index (χ0n) is 11.4. The molecule has 2 aromatic rings. The highest BCUT2D eigenvalue weighted by molar-refractivity contribution is 7.92. The van der Waals surface area contributed by atoms with Gasteiger partial charge < -0.3 is 10.1 Å². The molecule has 0 aliphatic carbocycles. The van der Waals surface area contributed by atoms with Gasteiger partial charge in [0.25, 0.3) is 5.91 Å². The summed E-state index contributed by atoms with van der Waals surface area (Å²) in [4.78, 5) is 12.5. The summed E-state index contributed by atoms with van der Waals surface area (Å²) >= 11 is 1.34. The Morgan fingerprint density at radius 1 is 1.29 bits per heavy atom. The monoisotopic (exact) mass is 326 g/mol. The summed E-state index contributed by atoms with van der Waals surface area (Å²) in [5, 5.41) is 4.54. The molecular weight excluding hydrogens is 312 g/mol. The van der Waals surface area contributed by atoms with Crippen LogP contribution in [0.4, 0.5) is 11.4 Å². The van der Waals surface area contributed by atoms with E-state index >= 15 is 0 Å². The van der Waals surface area contributed by atoms with Gasteiger partial charge in [-0.1, -0.05) is 6.07 Å². The van der Waals surface area contributed by atoms with Crippen molar-refractivity contribution >= 4 is 38.6 Å². The molecule has 2 rings (SSSR count). The number of hydrogen-bond acceptors (Lipinski definition) is 5. The molecule has 1 heterocycles. The first kappa shape index (κ1) is 15.3. The number of amides is 1. The highest BCUT2D eigenvalue weighted by Gasteiger charge is 2.11. The third-order valence-corrected chi connectivity index (χ3v) is 3.96. The molecule has 0 bridgehead atoms. The van der Waals surface area contributed by atoms with Crippen LogP contribution in [0, 0.1) is 0 Å². The molecule has 8 heteroatoms. The predicted molar refractivity (Wildman–Crippen MR) is 83.7 cm³/mol. The smallest absolute Gasteiger partial charge is 0.265 e. The van der Waals surface area contributed by atoms with Crippen LogP contribution in [0.5, 0.6) is 5.75 Å². The van der Waals surface area contributed by atoms with Crippen LogP contribution in [0.25, 0.3) is 0 Å². The Balaban J connectivity index is 2.21. The van der Waals surface area contributed by atoms with Crippen LogP contribution in [0.3, 0.4) is 0 Å². The molecule has 112 valence electrons. The Morgan fingerprint density at radius 2 is 2.05 bits per heavy atom. The Morgan fingerprint density at radius 3 is 2.62 bits per heavy atom. The van der Waals surface area contributed by atoms with Crippen LogP contribution in [0.1, 0.15) is 9.67 Å². The molecule has 1 aromatic carbocycles. The topological polar surface area (TPSA) is 84.5 Å². The highest BCUT2D eigenvalue weighted by Crippen LogP contribution is 2.29. The fourth-order valence-corrected chi connectivity index (χ4v) is 2.84. The molecule has 6 nitrogen and oxygen atoms in total. The van der Waals surface area contributed by atoms with Gasteiger partial charge in [0.05, 0.1) is 23.9 Å². The quantitative estimate of drug-likeness (QED) is 0.883. The summed E-state index contributed by atoms with van der Waals surface area (Å²) in [5.41, 5.74) is 0.832. The van der Waals surface area contributed by atoms with Gasteiger partial charge in [0, 0.05) is 11.8 Å². The van der Waals surface area contributed by atoms with E-state index in [4.69, 9.17) is 4.74 Å². The lowest BCUT2D eigenvalue weighted by molar-refractivity contribution is 0.103. The molecule has 1 amide bonds. The first-order valence-corrected chi connectivity index (χ1v) is 8.67. The van der Waals surface area contributed by atoms with Crippen molar-refractivity contribution in [3.05, 3.63) is 40.6 Å². The van der Waals surface area contributed by atoms with Gasteiger partial charge in [0.15, 0.2) is 0 Å². The first-order chi connectivity index (χ1) is 9.89. The molecule has 0 saturated heterocycles. The number of thiophene rings is 1. The van der Waals surface area contributed by atoms with Gasteiger partial charge in [-0.15, -0.1) is 11.3 Å². The SMILES string of the molecule is COc1cc(NC(=O)c2cccs2)ccc1NS(C)(=O)=O. The molecule has 21 heavy (non-hydrogen) atoms. The molecule has 0 atom stereocenters. The van der Waals surface area contributed by atoms with E-state index in [1.807, 2.05) is 5.38 Å². The Kier molecular flexibility index (Phi) is 4.49. The molecule has 0 aliphatic rings. The fourth-order valence-electron chi connectivity index (χ4n) is 1.65. The number of ether oxygens (including phenoxy) is 1. The van der Waals surface area contributed by atoms with E-state index in [1.165, 1.54) is 24.5 Å². The van der Waals surface area contributed by atoms with Crippen LogP contribution >= 0.6 is 11.3 Å². The number of benzene rings is 1. The molecule has 2 N–H and O–H groups in total. The number of sulfonamides is 1. The first-order valence-electron chi connectivity index (χ1n) is 5.90. The van der Waals surface area contributed by atoms with E-state index in [2.05, 4.69) is 10.0 Å². The molecule has 1 aromatic heterocycles. The summed E-state index contributed by atoms with van der Waals surface area (Å²) in [6.45, 7) is 0. The second-order valence-electron chi connectivity index (χ2n) is 4.22. The normalized spacial score (nSPS) is 11.0. The lowest BCUT2D eigenvalue weighted by Gasteiger charge is -2.12. The Bertz CT molecular complexity index is 740. The Hall–Kier alpha value is -2.06. The molecule has 0 unspecified atom stereocenters. The maximum atomic E-state index is 11.9. The summed E-state index contributed by atoms with van der Waals surface area (Å²) < 4.78 is 30.0. The third kappa shape index (κ3) is 4.20. The zero-order chi connectivity index (χ0) is 15.5. The van der Waals surface area contributed by atoms with Crippen LogP contribution in [0.2, 0.25) is 0 Å². The lowest BCUT2D eigenvalue weighted by atomic mass is 10.2.